The predicted octanol–water partition coefficient (Wildman–Crippen LogP) is 2.94. The first kappa shape index (κ1) is 21.1. The van der Waals surface area contributed by atoms with Crippen LogP contribution < -0.4 is 16.1 Å². The first-order valence-electron chi connectivity index (χ1n) is 9.84. The van der Waals surface area contributed by atoms with Gasteiger partial charge in [0.05, 0.1) is 11.7 Å². The molecule has 0 spiro atoms. The summed E-state index contributed by atoms with van der Waals surface area (Å²) in [4.78, 5) is 51.5. The molecule has 0 saturated carbocycles. The van der Waals surface area contributed by atoms with Gasteiger partial charge >= 0.3 is 11.8 Å². The molecule has 0 fully saturated rings. The van der Waals surface area contributed by atoms with Gasteiger partial charge < -0.3 is 4.74 Å². The van der Waals surface area contributed by atoms with E-state index in [4.69, 9.17) is 4.74 Å². The highest BCUT2D eigenvalue weighted by Crippen LogP contribution is 2.35. The topological polar surface area (TPSA) is 110 Å². The zero-order valence-electron chi connectivity index (χ0n) is 17.7. The third-order valence-corrected chi connectivity index (χ3v) is 5.54. The highest BCUT2D eigenvalue weighted by Gasteiger charge is 2.33. The van der Waals surface area contributed by atoms with Crippen molar-refractivity contribution < 1.29 is 9.53 Å². The Bertz CT molecular complexity index is 1280. The van der Waals surface area contributed by atoms with E-state index in [-0.39, 0.29) is 11.0 Å². The molecule has 1 N–H and O–H groups in total. The quantitative estimate of drug-likeness (QED) is 0.481. The molecule has 4 rings (SSSR count). The van der Waals surface area contributed by atoms with Crippen LogP contribution in [0.5, 0.6) is 0 Å². The first-order chi connectivity index (χ1) is 14.7. The number of amides is 1. The summed E-state index contributed by atoms with van der Waals surface area (Å²) in [7, 11) is 0. The van der Waals surface area contributed by atoms with E-state index in [1.165, 1.54) is 22.5 Å². The predicted molar refractivity (Wildman–Crippen MR) is 119 cm³/mol. The molecule has 162 valence electrons. The molecule has 1 aliphatic rings. The Morgan fingerprint density at radius 1 is 1.26 bits per heavy atom. The second-order valence-corrected chi connectivity index (χ2v) is 8.99. The molecular weight excluding hydrogens is 418 g/mol. The minimum atomic E-state index is -0.634. The van der Waals surface area contributed by atoms with Crippen LogP contribution in [0, 0.1) is 0 Å². The summed E-state index contributed by atoms with van der Waals surface area (Å²) < 4.78 is 6.72. The van der Waals surface area contributed by atoms with E-state index in [0.717, 1.165) is 0 Å². The molecule has 31 heavy (non-hydrogen) atoms. The fraction of sp³-hybridized carbons (Fsp3) is 0.381. The molecule has 1 amide bonds. The zero-order chi connectivity index (χ0) is 22.3. The molecule has 9 nitrogen and oxygen atoms in total. The Hall–Kier alpha value is -3.14. The summed E-state index contributed by atoms with van der Waals surface area (Å²) in [6, 6.07) is 6.71. The molecule has 0 bridgehead atoms. The molecule has 1 aliphatic heterocycles. The average Bonchev–Trinajstić information content (AvgIpc) is 2.72. The van der Waals surface area contributed by atoms with E-state index in [9.17, 15) is 14.4 Å². The maximum absolute atomic E-state index is 13.2. The van der Waals surface area contributed by atoms with Crippen molar-refractivity contribution in [1.29, 1.82) is 0 Å². The summed E-state index contributed by atoms with van der Waals surface area (Å²) in [6.45, 7) is 5.73. The normalized spacial score (nSPS) is 16.3. The molecule has 3 aromatic rings. The van der Waals surface area contributed by atoms with Crippen LogP contribution in [0.2, 0.25) is 0 Å². The number of anilines is 1. The van der Waals surface area contributed by atoms with Gasteiger partial charge in [0, 0.05) is 12.7 Å². The van der Waals surface area contributed by atoms with Gasteiger partial charge in [-0.25, -0.2) is 19.6 Å². The SMILES string of the molecule is CSc1ncc2c(=O)n(C3CCN(C(=O)OC(C)(C)C)c4ccccc43)c(=O)[nH]c2n1. The third-order valence-electron chi connectivity index (χ3n) is 4.98. The van der Waals surface area contributed by atoms with Crippen molar-refractivity contribution in [2.24, 2.45) is 0 Å². The summed E-state index contributed by atoms with van der Waals surface area (Å²) in [5.41, 5.74) is -0.109. The van der Waals surface area contributed by atoms with Crippen molar-refractivity contribution in [2.45, 2.75) is 44.0 Å². The number of carbonyl (C=O) groups is 1. The van der Waals surface area contributed by atoms with Crippen LogP contribution in [0.3, 0.4) is 0 Å². The van der Waals surface area contributed by atoms with Crippen molar-refractivity contribution in [3.8, 4) is 0 Å². The van der Waals surface area contributed by atoms with Crippen LogP contribution in [0.15, 0.2) is 45.2 Å². The van der Waals surface area contributed by atoms with Crippen LogP contribution in [0.1, 0.15) is 38.8 Å². The number of hydrogen-bond acceptors (Lipinski definition) is 7. The molecular formula is C21H23N5O4S. The highest BCUT2D eigenvalue weighted by molar-refractivity contribution is 7.98. The van der Waals surface area contributed by atoms with Crippen molar-refractivity contribution in [1.82, 2.24) is 19.5 Å². The molecule has 0 aliphatic carbocycles. The lowest BCUT2D eigenvalue weighted by Gasteiger charge is -2.35. The minimum Gasteiger partial charge on any atom is -0.443 e. The Morgan fingerprint density at radius 3 is 2.71 bits per heavy atom. The van der Waals surface area contributed by atoms with Crippen LogP contribution >= 0.6 is 11.8 Å². The Labute approximate surface area is 182 Å². The molecule has 3 heterocycles. The van der Waals surface area contributed by atoms with E-state index in [1.54, 1.807) is 11.0 Å². The van der Waals surface area contributed by atoms with Gasteiger partial charge in [0.2, 0.25) is 0 Å². The number of aromatic nitrogens is 4. The van der Waals surface area contributed by atoms with Crippen LogP contribution in [0.25, 0.3) is 11.0 Å². The van der Waals surface area contributed by atoms with Crippen molar-refractivity contribution >= 4 is 34.6 Å². The number of ether oxygens (including phenoxy) is 1. The summed E-state index contributed by atoms with van der Waals surface area (Å²) in [5.74, 6) is 0. The molecule has 0 saturated heterocycles. The lowest BCUT2D eigenvalue weighted by molar-refractivity contribution is 0.0576. The number of nitrogens with one attached hydrogen (secondary N) is 1. The van der Waals surface area contributed by atoms with E-state index in [2.05, 4.69) is 15.0 Å². The lowest BCUT2D eigenvalue weighted by Crippen LogP contribution is -2.45. The zero-order valence-corrected chi connectivity index (χ0v) is 18.5. The van der Waals surface area contributed by atoms with Gasteiger partial charge in [0.25, 0.3) is 5.56 Å². The van der Waals surface area contributed by atoms with Crippen molar-refractivity contribution in [3.63, 3.8) is 0 Å². The van der Waals surface area contributed by atoms with Crippen LogP contribution in [-0.4, -0.2) is 44.0 Å². The number of fused-ring (bicyclic) bond motifs is 2. The maximum atomic E-state index is 13.2. The number of carbonyl (C=O) groups excluding carboxylic acids is 1. The van der Waals surface area contributed by atoms with Crippen molar-refractivity contribution in [2.75, 3.05) is 17.7 Å². The summed E-state index contributed by atoms with van der Waals surface area (Å²) >= 11 is 1.32. The number of hydrogen-bond donors (Lipinski definition) is 1. The number of rotatable bonds is 2. The van der Waals surface area contributed by atoms with Crippen molar-refractivity contribution in [3.05, 3.63) is 56.9 Å². The van der Waals surface area contributed by atoms with Gasteiger partial charge in [-0.15, -0.1) is 0 Å². The third kappa shape index (κ3) is 3.95. The minimum absolute atomic E-state index is 0.213. The second kappa shape index (κ2) is 7.84. The van der Waals surface area contributed by atoms with Gasteiger partial charge in [-0.1, -0.05) is 30.0 Å². The number of nitrogens with zero attached hydrogens (tertiary/aromatic N) is 4. The number of benzene rings is 1. The smallest absolute Gasteiger partial charge is 0.414 e. The van der Waals surface area contributed by atoms with Gasteiger partial charge in [0.15, 0.2) is 10.8 Å². The lowest BCUT2D eigenvalue weighted by atomic mass is 9.96. The maximum Gasteiger partial charge on any atom is 0.414 e. The molecule has 1 unspecified atom stereocenters. The Morgan fingerprint density at radius 2 is 2.00 bits per heavy atom. The first-order valence-corrected chi connectivity index (χ1v) is 11.1. The second-order valence-electron chi connectivity index (χ2n) is 8.22. The molecule has 1 atom stereocenters. The largest absolute Gasteiger partial charge is 0.443 e. The number of para-hydroxylation sites is 1. The van der Waals surface area contributed by atoms with Crippen LogP contribution in [0.4, 0.5) is 10.5 Å². The fourth-order valence-electron chi connectivity index (χ4n) is 3.70. The monoisotopic (exact) mass is 441 g/mol. The standard InChI is InChI=1S/C21H23N5O4S/c1-21(2,3)30-20(29)25-10-9-15(12-7-5-6-8-14(12)25)26-17(27)13-11-22-18(31-4)23-16(13)24-19(26)28/h5-8,11,15H,9-10H2,1-4H3,(H,22,23,24,28). The fourth-order valence-corrected chi connectivity index (χ4v) is 4.04. The Kier molecular flexibility index (Phi) is 5.34. The summed E-state index contributed by atoms with van der Waals surface area (Å²) in [6.07, 6.45) is 3.17. The number of H-pyrrole nitrogens is 1. The van der Waals surface area contributed by atoms with E-state index < -0.39 is 29.0 Å². The highest BCUT2D eigenvalue weighted by atomic mass is 32.2. The van der Waals surface area contributed by atoms with Gasteiger partial charge in [0.1, 0.15) is 11.0 Å². The number of aromatic amines is 1. The van der Waals surface area contributed by atoms with Crippen LogP contribution in [-0.2, 0) is 4.74 Å². The molecule has 10 heteroatoms. The molecule has 2 aromatic heterocycles. The molecule has 1 aromatic carbocycles. The van der Waals surface area contributed by atoms with Gasteiger partial charge in [-0.2, -0.15) is 0 Å². The Balaban J connectivity index is 1.81. The van der Waals surface area contributed by atoms with E-state index in [0.29, 0.717) is 29.4 Å². The van der Waals surface area contributed by atoms with E-state index >= 15 is 0 Å². The summed E-state index contributed by atoms with van der Waals surface area (Å²) in [5, 5.41) is 0.709. The number of thioether (sulfide) groups is 1. The molecule has 0 radical (unpaired) electrons. The van der Waals surface area contributed by atoms with Gasteiger partial charge in [-0.3, -0.25) is 19.2 Å². The average molecular weight is 442 g/mol. The van der Waals surface area contributed by atoms with Gasteiger partial charge in [-0.05, 0) is 45.1 Å². The van der Waals surface area contributed by atoms with E-state index in [1.807, 2.05) is 45.2 Å².